The molecular formula is C21H34N2O4. The van der Waals surface area contributed by atoms with Crippen molar-refractivity contribution in [3.05, 3.63) is 0 Å². The van der Waals surface area contributed by atoms with Crippen molar-refractivity contribution in [3.8, 4) is 0 Å². The van der Waals surface area contributed by atoms with Crippen molar-refractivity contribution in [2.75, 3.05) is 13.9 Å². The predicted octanol–water partition coefficient (Wildman–Crippen LogP) is 3.25. The van der Waals surface area contributed by atoms with Crippen molar-refractivity contribution in [2.45, 2.75) is 83.0 Å². The van der Waals surface area contributed by atoms with Gasteiger partial charge in [0.05, 0.1) is 18.3 Å². The number of hydrogen-bond donors (Lipinski definition) is 1. The highest BCUT2D eigenvalue weighted by atomic mass is 16.7. The molecule has 0 aromatic carbocycles. The zero-order valence-electron chi connectivity index (χ0n) is 16.7. The number of carbonyl (C=O) groups excluding carboxylic acids is 1. The summed E-state index contributed by atoms with van der Waals surface area (Å²) in [5.41, 5.74) is 3.94. The van der Waals surface area contributed by atoms with Gasteiger partial charge in [-0.05, 0) is 82.5 Å². The number of methoxy groups -OCH3 is 1. The number of rotatable bonds is 4. The van der Waals surface area contributed by atoms with Crippen LogP contribution in [0.4, 0.5) is 0 Å². The van der Waals surface area contributed by atoms with E-state index in [9.17, 15) is 4.79 Å². The molecule has 4 aliphatic rings. The second-order valence-electron chi connectivity index (χ2n) is 8.97. The minimum Gasteiger partial charge on any atom is -0.381 e. The number of nitrogens with zero attached hydrogens (tertiary/aromatic N) is 1. The molecule has 6 nitrogen and oxygen atoms in total. The SMILES string of the molecule is COC1CCC2CC(/C(C)=N/NC(=O)C3CCC4OCOC4C3)CCC2C1. The highest BCUT2D eigenvalue weighted by Crippen LogP contribution is 2.43. The number of amides is 1. The van der Waals surface area contributed by atoms with Crippen molar-refractivity contribution in [1.82, 2.24) is 5.43 Å². The minimum absolute atomic E-state index is 0.00967. The fraction of sp³-hybridized carbons (Fsp3) is 0.905. The number of carbonyl (C=O) groups is 1. The molecule has 3 saturated carbocycles. The first-order valence-electron chi connectivity index (χ1n) is 10.7. The summed E-state index contributed by atoms with van der Waals surface area (Å²) >= 11 is 0. The summed E-state index contributed by atoms with van der Waals surface area (Å²) in [4.78, 5) is 12.5. The number of fused-ring (bicyclic) bond motifs is 2. The Bertz CT molecular complexity index is 566. The lowest BCUT2D eigenvalue weighted by atomic mass is 9.66. The Morgan fingerprint density at radius 1 is 0.926 bits per heavy atom. The highest BCUT2D eigenvalue weighted by molar-refractivity contribution is 5.87. The van der Waals surface area contributed by atoms with Gasteiger partial charge in [0, 0.05) is 18.7 Å². The number of ether oxygens (including phenoxy) is 3. The zero-order chi connectivity index (χ0) is 18.8. The first-order chi connectivity index (χ1) is 13.1. The Hall–Kier alpha value is -0.980. The molecule has 0 spiro atoms. The topological polar surface area (TPSA) is 69.2 Å². The van der Waals surface area contributed by atoms with E-state index < -0.39 is 0 Å². The molecule has 0 aromatic heterocycles. The van der Waals surface area contributed by atoms with E-state index in [2.05, 4.69) is 17.5 Å². The lowest BCUT2D eigenvalue weighted by Gasteiger charge is -2.41. The molecule has 3 aliphatic carbocycles. The van der Waals surface area contributed by atoms with E-state index in [0.29, 0.717) is 18.8 Å². The molecule has 4 rings (SSSR count). The molecule has 152 valence electrons. The number of hydrazone groups is 1. The Labute approximate surface area is 162 Å². The molecule has 1 aliphatic heterocycles. The van der Waals surface area contributed by atoms with Gasteiger partial charge in [-0.25, -0.2) is 5.43 Å². The molecular weight excluding hydrogens is 344 g/mol. The zero-order valence-corrected chi connectivity index (χ0v) is 16.7. The van der Waals surface area contributed by atoms with Crippen molar-refractivity contribution >= 4 is 11.6 Å². The third kappa shape index (κ3) is 4.38. The van der Waals surface area contributed by atoms with Crippen molar-refractivity contribution in [2.24, 2.45) is 28.8 Å². The van der Waals surface area contributed by atoms with Gasteiger partial charge in [0.15, 0.2) is 0 Å². The maximum Gasteiger partial charge on any atom is 0.243 e. The molecule has 4 fully saturated rings. The molecule has 1 amide bonds. The fourth-order valence-corrected chi connectivity index (χ4v) is 5.69. The third-order valence-electron chi connectivity index (χ3n) is 7.50. The molecule has 0 bridgehead atoms. The van der Waals surface area contributed by atoms with Crippen molar-refractivity contribution < 1.29 is 19.0 Å². The highest BCUT2D eigenvalue weighted by Gasteiger charge is 2.39. The third-order valence-corrected chi connectivity index (χ3v) is 7.50. The van der Waals surface area contributed by atoms with E-state index in [4.69, 9.17) is 14.2 Å². The van der Waals surface area contributed by atoms with Crippen LogP contribution >= 0.6 is 0 Å². The molecule has 27 heavy (non-hydrogen) atoms. The minimum atomic E-state index is -0.00967. The predicted molar refractivity (Wildman–Crippen MR) is 102 cm³/mol. The van der Waals surface area contributed by atoms with Gasteiger partial charge in [-0.2, -0.15) is 5.10 Å². The van der Waals surface area contributed by atoms with Crippen LogP contribution in [0.25, 0.3) is 0 Å². The van der Waals surface area contributed by atoms with Gasteiger partial charge < -0.3 is 14.2 Å². The summed E-state index contributed by atoms with van der Waals surface area (Å²) in [6, 6.07) is 0. The Morgan fingerprint density at radius 3 is 2.52 bits per heavy atom. The largest absolute Gasteiger partial charge is 0.381 e. The van der Waals surface area contributed by atoms with Crippen LogP contribution in [0.15, 0.2) is 5.10 Å². The van der Waals surface area contributed by atoms with Crippen LogP contribution in [0, 0.1) is 23.7 Å². The maximum atomic E-state index is 12.5. The van der Waals surface area contributed by atoms with Gasteiger partial charge in [0.2, 0.25) is 5.91 Å². The summed E-state index contributed by atoms with van der Waals surface area (Å²) < 4.78 is 16.7. The first-order valence-corrected chi connectivity index (χ1v) is 10.7. The first kappa shape index (κ1) is 19.3. The van der Waals surface area contributed by atoms with E-state index in [1.165, 1.54) is 38.5 Å². The Morgan fingerprint density at radius 2 is 1.67 bits per heavy atom. The van der Waals surface area contributed by atoms with Crippen molar-refractivity contribution in [3.63, 3.8) is 0 Å². The number of nitrogens with one attached hydrogen (secondary N) is 1. The summed E-state index contributed by atoms with van der Waals surface area (Å²) in [5.74, 6) is 2.15. The average Bonchev–Trinajstić information content (AvgIpc) is 3.18. The average molecular weight is 379 g/mol. The molecule has 0 radical (unpaired) electrons. The molecule has 0 aromatic rings. The monoisotopic (exact) mass is 378 g/mol. The molecule has 6 heteroatoms. The lowest BCUT2D eigenvalue weighted by molar-refractivity contribution is -0.127. The van der Waals surface area contributed by atoms with Crippen LogP contribution in [0.3, 0.4) is 0 Å². The second kappa shape index (κ2) is 8.58. The quantitative estimate of drug-likeness (QED) is 0.602. The standard InChI is InChI=1S/C21H34N2O4/c1-13(14-3-4-16-10-18(25-2)7-5-15(16)9-14)22-23-21(24)17-6-8-19-20(11-17)27-12-26-19/h14-20H,3-12H2,1-2H3,(H,23,24)/b22-13+. The molecule has 1 saturated heterocycles. The lowest BCUT2D eigenvalue weighted by Crippen LogP contribution is -2.39. The van der Waals surface area contributed by atoms with Gasteiger partial charge in [-0.3, -0.25) is 4.79 Å². The Kier molecular flexibility index (Phi) is 6.15. The van der Waals surface area contributed by atoms with E-state index in [1.807, 2.05) is 7.11 Å². The summed E-state index contributed by atoms with van der Waals surface area (Å²) in [7, 11) is 1.84. The fourth-order valence-electron chi connectivity index (χ4n) is 5.69. The summed E-state index contributed by atoms with van der Waals surface area (Å²) in [6.07, 6.45) is 10.6. The molecule has 1 N–H and O–H groups in total. The van der Waals surface area contributed by atoms with E-state index >= 15 is 0 Å². The molecule has 7 atom stereocenters. The summed E-state index contributed by atoms with van der Waals surface area (Å²) in [5, 5.41) is 4.50. The van der Waals surface area contributed by atoms with Gasteiger partial charge in [0.1, 0.15) is 6.79 Å². The van der Waals surface area contributed by atoms with Crippen molar-refractivity contribution in [1.29, 1.82) is 0 Å². The second-order valence-corrected chi connectivity index (χ2v) is 8.97. The van der Waals surface area contributed by atoms with Crippen LogP contribution in [0.1, 0.15) is 64.7 Å². The molecule has 1 heterocycles. The Balaban J connectivity index is 1.26. The van der Waals surface area contributed by atoms with Crippen LogP contribution in [-0.2, 0) is 19.0 Å². The van der Waals surface area contributed by atoms with E-state index in [0.717, 1.165) is 36.8 Å². The van der Waals surface area contributed by atoms with Crippen LogP contribution in [-0.4, -0.2) is 43.8 Å². The molecule has 7 unspecified atom stereocenters. The van der Waals surface area contributed by atoms with Gasteiger partial charge in [0.25, 0.3) is 0 Å². The van der Waals surface area contributed by atoms with Crippen LogP contribution in [0.5, 0.6) is 0 Å². The van der Waals surface area contributed by atoms with Gasteiger partial charge >= 0.3 is 0 Å². The number of hydrogen-bond acceptors (Lipinski definition) is 5. The van der Waals surface area contributed by atoms with E-state index in [-0.39, 0.29) is 24.0 Å². The summed E-state index contributed by atoms with van der Waals surface area (Å²) in [6.45, 7) is 2.45. The normalized spacial score (nSPS) is 42.3. The van der Waals surface area contributed by atoms with Gasteiger partial charge in [-0.1, -0.05) is 0 Å². The van der Waals surface area contributed by atoms with Crippen LogP contribution < -0.4 is 5.43 Å². The van der Waals surface area contributed by atoms with Crippen LogP contribution in [0.2, 0.25) is 0 Å². The van der Waals surface area contributed by atoms with Gasteiger partial charge in [-0.15, -0.1) is 0 Å². The van der Waals surface area contributed by atoms with E-state index in [1.54, 1.807) is 0 Å². The maximum absolute atomic E-state index is 12.5. The smallest absolute Gasteiger partial charge is 0.243 e.